The van der Waals surface area contributed by atoms with E-state index in [2.05, 4.69) is 23.3 Å². The minimum absolute atomic E-state index is 0.123. The smallest absolute Gasteiger partial charge is 0.237 e. The molecule has 1 saturated heterocycles. The summed E-state index contributed by atoms with van der Waals surface area (Å²) in [6.07, 6.45) is 8.18. The normalized spacial score (nSPS) is 28.2. The number of rotatable bonds is 5. The molecule has 5 nitrogen and oxygen atoms in total. The largest absolute Gasteiger partial charge is 0.335 e. The van der Waals surface area contributed by atoms with E-state index < -0.39 is 9.84 Å². The van der Waals surface area contributed by atoms with Gasteiger partial charge in [-0.2, -0.15) is 0 Å². The number of hydrogen-bond acceptors (Lipinski definition) is 5. The third kappa shape index (κ3) is 4.17. The highest BCUT2D eigenvalue weighted by molar-refractivity contribution is 7.91. The van der Waals surface area contributed by atoms with Crippen LogP contribution in [0.25, 0.3) is 0 Å². The van der Waals surface area contributed by atoms with Crippen LogP contribution in [-0.4, -0.2) is 60.8 Å². The van der Waals surface area contributed by atoms with E-state index in [1.807, 2.05) is 16.2 Å². The lowest BCUT2D eigenvalue weighted by Crippen LogP contribution is -2.52. The van der Waals surface area contributed by atoms with Gasteiger partial charge in [0.15, 0.2) is 9.84 Å². The zero-order valence-corrected chi connectivity index (χ0v) is 18.4. The zero-order chi connectivity index (χ0) is 19.7. The van der Waals surface area contributed by atoms with Crippen molar-refractivity contribution in [3.05, 3.63) is 21.9 Å². The summed E-state index contributed by atoms with van der Waals surface area (Å²) >= 11 is 1.83. The summed E-state index contributed by atoms with van der Waals surface area (Å²) in [7, 11) is -3.00. The molecule has 1 aromatic rings. The maximum Gasteiger partial charge on any atom is 0.237 e. The fourth-order valence-electron chi connectivity index (χ4n) is 5.43. The van der Waals surface area contributed by atoms with Crippen LogP contribution in [0.1, 0.15) is 68.4 Å². The molecule has 1 amide bonds. The summed E-state index contributed by atoms with van der Waals surface area (Å²) in [5.74, 6) is 0.528. The second kappa shape index (κ2) is 8.44. The first-order chi connectivity index (χ1) is 13.5. The Balaban J connectivity index is 1.52. The highest BCUT2D eigenvalue weighted by atomic mass is 32.2. The van der Waals surface area contributed by atoms with E-state index in [0.717, 1.165) is 45.1 Å². The Hall–Kier alpha value is -0.920. The van der Waals surface area contributed by atoms with Crippen LogP contribution in [0.2, 0.25) is 0 Å². The fourth-order valence-corrected chi connectivity index (χ4v) is 8.07. The van der Waals surface area contributed by atoms with Gasteiger partial charge in [0.1, 0.15) is 0 Å². The molecule has 3 aliphatic rings. The molecular weight excluding hydrogens is 392 g/mol. The Bertz CT molecular complexity index is 798. The molecule has 4 rings (SSSR count). The Morgan fingerprint density at radius 2 is 2.00 bits per heavy atom. The number of carbonyl (C=O) groups is 1. The van der Waals surface area contributed by atoms with Gasteiger partial charge in [-0.3, -0.25) is 9.69 Å². The quantitative estimate of drug-likeness (QED) is 0.727. The van der Waals surface area contributed by atoms with Gasteiger partial charge in [-0.25, -0.2) is 8.42 Å². The van der Waals surface area contributed by atoms with E-state index in [0.29, 0.717) is 19.0 Å². The second-order valence-electron chi connectivity index (χ2n) is 8.59. The van der Waals surface area contributed by atoms with Gasteiger partial charge in [-0.1, -0.05) is 26.2 Å². The van der Waals surface area contributed by atoms with E-state index in [-0.39, 0.29) is 29.5 Å². The van der Waals surface area contributed by atoms with Crippen LogP contribution in [0.3, 0.4) is 0 Å². The molecule has 28 heavy (non-hydrogen) atoms. The molecule has 0 N–H and O–H groups in total. The molecule has 1 aromatic heterocycles. The van der Waals surface area contributed by atoms with Crippen LogP contribution in [0, 0.1) is 0 Å². The topological polar surface area (TPSA) is 57.7 Å². The van der Waals surface area contributed by atoms with E-state index in [9.17, 15) is 13.2 Å². The third-order valence-corrected chi connectivity index (χ3v) is 9.54. The van der Waals surface area contributed by atoms with Crippen LogP contribution >= 0.6 is 11.3 Å². The molecule has 7 heteroatoms. The van der Waals surface area contributed by atoms with Crippen molar-refractivity contribution in [2.45, 2.75) is 76.4 Å². The van der Waals surface area contributed by atoms with E-state index in [4.69, 9.17) is 0 Å². The Labute approximate surface area is 173 Å². The van der Waals surface area contributed by atoms with Gasteiger partial charge in [0.2, 0.25) is 5.91 Å². The summed E-state index contributed by atoms with van der Waals surface area (Å²) < 4.78 is 24.2. The maximum absolute atomic E-state index is 13.5. The van der Waals surface area contributed by atoms with Crippen molar-refractivity contribution in [2.24, 2.45) is 0 Å². The maximum atomic E-state index is 13.5. The number of hydrogen-bond donors (Lipinski definition) is 0. The number of sulfone groups is 1. The first-order valence-electron chi connectivity index (χ1n) is 10.8. The van der Waals surface area contributed by atoms with Gasteiger partial charge in [-0.15, -0.1) is 11.3 Å². The fraction of sp³-hybridized carbons (Fsp3) is 0.762. The second-order valence-corrected chi connectivity index (χ2v) is 11.8. The molecule has 0 unspecified atom stereocenters. The molecular formula is C21H32N2O3S2. The van der Waals surface area contributed by atoms with Gasteiger partial charge in [0, 0.05) is 29.5 Å². The lowest BCUT2D eigenvalue weighted by atomic mass is 9.92. The first-order valence-corrected chi connectivity index (χ1v) is 13.5. The molecule has 2 atom stereocenters. The average molecular weight is 425 g/mol. The average Bonchev–Trinajstić information content (AvgIpc) is 3.29. The number of carbonyl (C=O) groups excluding carboxylic acids is 1. The summed E-state index contributed by atoms with van der Waals surface area (Å²) in [4.78, 5) is 19.3. The third-order valence-electron chi connectivity index (χ3n) is 6.79. The van der Waals surface area contributed by atoms with Crippen LogP contribution in [0.15, 0.2) is 11.4 Å². The monoisotopic (exact) mass is 424 g/mol. The molecule has 3 heterocycles. The van der Waals surface area contributed by atoms with Gasteiger partial charge >= 0.3 is 0 Å². The number of fused-ring (bicyclic) bond motifs is 1. The Morgan fingerprint density at radius 3 is 2.68 bits per heavy atom. The van der Waals surface area contributed by atoms with E-state index >= 15 is 0 Å². The molecule has 0 spiro atoms. The summed E-state index contributed by atoms with van der Waals surface area (Å²) in [6, 6.07) is 2.62. The zero-order valence-electron chi connectivity index (χ0n) is 16.8. The standard InChI is InChI=1S/C21H32N2O3S2/c1-2-19-18-9-12-27-20(18)8-11-22(19)14-21(24)23(16-6-4-3-5-7-16)17-10-13-28(25,26)15-17/h9,12,16-17,19H,2-8,10-11,13-15H2,1H3/t17-,19-/m1/s1. The van der Waals surface area contributed by atoms with E-state index in [1.54, 1.807) is 0 Å². The molecule has 0 bridgehead atoms. The minimum atomic E-state index is -3.00. The van der Waals surface area contributed by atoms with Gasteiger partial charge in [0.05, 0.1) is 18.1 Å². The van der Waals surface area contributed by atoms with Crippen molar-refractivity contribution < 1.29 is 13.2 Å². The lowest BCUT2D eigenvalue weighted by molar-refractivity contribution is -0.138. The molecule has 0 radical (unpaired) electrons. The van der Waals surface area contributed by atoms with Crippen LogP contribution in [0.4, 0.5) is 0 Å². The van der Waals surface area contributed by atoms with Gasteiger partial charge in [-0.05, 0) is 49.1 Å². The molecule has 0 aromatic carbocycles. The number of nitrogens with zero attached hydrogens (tertiary/aromatic N) is 2. The predicted molar refractivity (Wildman–Crippen MR) is 113 cm³/mol. The Morgan fingerprint density at radius 1 is 1.21 bits per heavy atom. The van der Waals surface area contributed by atoms with Crippen molar-refractivity contribution in [3.63, 3.8) is 0 Å². The Kier molecular flexibility index (Phi) is 6.14. The molecule has 2 aliphatic heterocycles. The van der Waals surface area contributed by atoms with Crippen LogP contribution < -0.4 is 0 Å². The number of thiophene rings is 1. The SMILES string of the molecule is CC[C@@H]1c2ccsc2CCN1CC(=O)N(C1CCCCC1)[C@@H]1CCS(=O)(=O)C1. The van der Waals surface area contributed by atoms with Crippen LogP contribution in [-0.2, 0) is 21.1 Å². The molecule has 1 saturated carbocycles. The van der Waals surface area contributed by atoms with Gasteiger partial charge in [0.25, 0.3) is 0 Å². The summed E-state index contributed by atoms with van der Waals surface area (Å²) in [5.41, 5.74) is 1.39. The van der Waals surface area contributed by atoms with Crippen molar-refractivity contribution in [1.82, 2.24) is 9.80 Å². The first kappa shape index (κ1) is 20.4. The predicted octanol–water partition coefficient (Wildman–Crippen LogP) is 3.41. The molecule has 1 aliphatic carbocycles. The number of amides is 1. The highest BCUT2D eigenvalue weighted by Gasteiger charge is 2.39. The summed E-state index contributed by atoms with van der Waals surface area (Å²) in [6.45, 7) is 3.53. The van der Waals surface area contributed by atoms with Crippen molar-refractivity contribution in [1.29, 1.82) is 0 Å². The lowest BCUT2D eigenvalue weighted by Gasteiger charge is -2.41. The van der Waals surface area contributed by atoms with Crippen molar-refractivity contribution in [3.8, 4) is 0 Å². The highest BCUT2D eigenvalue weighted by Crippen LogP contribution is 2.36. The van der Waals surface area contributed by atoms with E-state index in [1.165, 1.54) is 16.9 Å². The van der Waals surface area contributed by atoms with Gasteiger partial charge < -0.3 is 4.90 Å². The molecule has 156 valence electrons. The summed E-state index contributed by atoms with van der Waals surface area (Å²) in [5, 5.41) is 2.16. The van der Waals surface area contributed by atoms with Crippen molar-refractivity contribution in [2.75, 3.05) is 24.6 Å². The minimum Gasteiger partial charge on any atom is -0.335 e. The molecule has 2 fully saturated rings. The van der Waals surface area contributed by atoms with Crippen molar-refractivity contribution >= 4 is 27.1 Å². The van der Waals surface area contributed by atoms with Crippen LogP contribution in [0.5, 0.6) is 0 Å².